The number of thioether (sulfide) groups is 1. The van der Waals surface area contributed by atoms with Crippen LogP contribution in [0.2, 0.25) is 0 Å². The van der Waals surface area contributed by atoms with Crippen LogP contribution in [0.25, 0.3) is 0 Å². The monoisotopic (exact) mass is 658 g/mol. The molecule has 246 valence electrons. The van der Waals surface area contributed by atoms with Crippen molar-refractivity contribution < 1.29 is 29.4 Å². The van der Waals surface area contributed by atoms with Gasteiger partial charge in [-0.25, -0.2) is 0 Å². The van der Waals surface area contributed by atoms with Crippen molar-refractivity contribution in [2.24, 2.45) is 16.6 Å². The van der Waals surface area contributed by atoms with Crippen molar-refractivity contribution in [3.05, 3.63) is 65.7 Å². The molecule has 7 N–H and O–H groups in total. The first-order chi connectivity index (χ1) is 21.0. The number of nitrogens with two attached hydrogens (primary N) is 1. The van der Waals surface area contributed by atoms with Crippen molar-refractivity contribution in [2.75, 3.05) is 13.6 Å². The Labute approximate surface area is 275 Å². The second-order valence-corrected chi connectivity index (χ2v) is 14.4. The fraction of sp³-hybridized carbons (Fsp3) is 0.485. The molecule has 45 heavy (non-hydrogen) atoms. The average molecular weight is 659 g/mol. The van der Waals surface area contributed by atoms with E-state index >= 15 is 0 Å². The van der Waals surface area contributed by atoms with Gasteiger partial charge in [0.25, 0.3) is 0 Å². The summed E-state index contributed by atoms with van der Waals surface area (Å²) in [4.78, 5) is 53.7. The van der Waals surface area contributed by atoms with Gasteiger partial charge in [-0.2, -0.15) is 0 Å². The molecule has 2 rings (SSSR count). The number of aromatic hydroxyl groups is 1. The van der Waals surface area contributed by atoms with Crippen LogP contribution in [0.5, 0.6) is 5.75 Å². The van der Waals surface area contributed by atoms with E-state index in [0.29, 0.717) is 21.7 Å². The molecule has 10 nitrogen and oxygen atoms in total. The van der Waals surface area contributed by atoms with Gasteiger partial charge in [0.1, 0.15) is 11.8 Å². The summed E-state index contributed by atoms with van der Waals surface area (Å²) in [6.45, 7) is 8.60. The maximum absolute atomic E-state index is 14.2. The van der Waals surface area contributed by atoms with E-state index < -0.39 is 39.5 Å². The number of rotatable bonds is 16. The molecule has 5 unspecified atom stereocenters. The van der Waals surface area contributed by atoms with Gasteiger partial charge < -0.3 is 31.9 Å². The van der Waals surface area contributed by atoms with Crippen LogP contribution in [-0.2, 0) is 25.6 Å². The summed E-state index contributed by atoms with van der Waals surface area (Å²) in [5.41, 5.74) is 4.82. The van der Waals surface area contributed by atoms with E-state index in [4.69, 9.17) is 18.0 Å². The topological polar surface area (TPSA) is 171 Å². The Kier molecular flexibility index (Phi) is 13.6. The number of hydrogen-bond acceptors (Lipinski definition) is 8. The first-order valence-electron chi connectivity index (χ1n) is 14.8. The molecule has 2 aromatic rings. The van der Waals surface area contributed by atoms with Gasteiger partial charge in [-0.05, 0) is 56.4 Å². The third kappa shape index (κ3) is 10.5. The third-order valence-corrected chi connectivity index (χ3v) is 9.69. The zero-order chi connectivity index (χ0) is 34.0. The Hall–Kier alpha value is -3.48. The largest absolute Gasteiger partial charge is 0.508 e. The number of thiocarbonyl (C=S) groups is 1. The first-order valence-corrected chi connectivity index (χ1v) is 16.1. The summed E-state index contributed by atoms with van der Waals surface area (Å²) in [5.74, 6) is -1.94. The van der Waals surface area contributed by atoms with Crippen LogP contribution >= 0.6 is 24.0 Å². The van der Waals surface area contributed by atoms with E-state index in [-0.39, 0.29) is 43.4 Å². The highest BCUT2D eigenvalue weighted by Gasteiger charge is 2.50. The van der Waals surface area contributed by atoms with Crippen molar-refractivity contribution in [2.45, 2.75) is 77.2 Å². The summed E-state index contributed by atoms with van der Waals surface area (Å²) in [5, 5.41) is 27.6. The Morgan fingerprint density at radius 2 is 1.53 bits per heavy atom. The molecule has 0 aromatic heterocycles. The summed E-state index contributed by atoms with van der Waals surface area (Å²) in [7, 11) is 1.50. The minimum Gasteiger partial charge on any atom is -0.508 e. The maximum atomic E-state index is 14.2. The number of phenols is 1. The zero-order valence-corrected chi connectivity index (χ0v) is 28.4. The van der Waals surface area contributed by atoms with Gasteiger partial charge in [0.2, 0.25) is 23.6 Å². The molecule has 0 bridgehead atoms. The molecular weight excluding hydrogens is 613 g/mol. The van der Waals surface area contributed by atoms with E-state index in [1.165, 1.54) is 19.2 Å². The van der Waals surface area contributed by atoms with Crippen LogP contribution in [0.4, 0.5) is 0 Å². The van der Waals surface area contributed by atoms with Gasteiger partial charge in [0.15, 0.2) is 0 Å². The lowest BCUT2D eigenvalue weighted by Crippen LogP contribution is -2.56. The van der Waals surface area contributed by atoms with Crippen LogP contribution in [0.1, 0.15) is 65.0 Å². The summed E-state index contributed by atoms with van der Waals surface area (Å²) in [6.07, 6.45) is -0.249. The first kappa shape index (κ1) is 37.7. The summed E-state index contributed by atoms with van der Waals surface area (Å²) >= 11 is 6.87. The van der Waals surface area contributed by atoms with Crippen LogP contribution < -0.4 is 21.7 Å². The fourth-order valence-corrected chi connectivity index (χ4v) is 7.25. The van der Waals surface area contributed by atoms with Gasteiger partial charge in [0, 0.05) is 30.8 Å². The third-order valence-electron chi connectivity index (χ3n) is 8.00. The van der Waals surface area contributed by atoms with Gasteiger partial charge in [-0.1, -0.05) is 87.2 Å². The highest BCUT2D eigenvalue weighted by molar-refractivity contribution is 8.25. The molecule has 5 atom stereocenters. The second kappa shape index (κ2) is 16.2. The number of hydrogen-bond donors (Lipinski definition) is 6. The molecule has 4 amide bonds. The molecule has 0 heterocycles. The maximum Gasteiger partial charge on any atom is 0.240 e. The van der Waals surface area contributed by atoms with Crippen LogP contribution in [-0.4, -0.2) is 68.5 Å². The normalized spacial score (nSPS) is 16.5. The van der Waals surface area contributed by atoms with Gasteiger partial charge in [-0.3, -0.25) is 19.2 Å². The fourth-order valence-electron chi connectivity index (χ4n) is 5.35. The number of aliphatic hydroxyl groups excluding tert-OH is 1. The standard InChI is InChI=1S/C33H46N4O6S2/c1-7-31(3,29(42)36-18-21(2)38)19-32(4,28(41)35-6)20-33(5,45-27(44)23-11-9-8-10-12-23)30(43)37-25(26(34)40)17-22-13-15-24(39)16-14-22/h8-16,21,25,38-39H,7,17-20H2,1-6H3,(H2,34,40)(H,35,41)(H,36,42)(H,37,43). The van der Waals surface area contributed by atoms with Crippen molar-refractivity contribution >= 4 is 51.8 Å². The molecule has 12 heteroatoms. The Morgan fingerprint density at radius 3 is 2.04 bits per heavy atom. The van der Waals surface area contributed by atoms with Crippen molar-refractivity contribution in [3.8, 4) is 5.75 Å². The van der Waals surface area contributed by atoms with E-state index in [1.54, 1.807) is 39.8 Å². The van der Waals surface area contributed by atoms with E-state index in [1.807, 2.05) is 37.3 Å². The number of carbonyl (C=O) groups excluding carboxylic acids is 4. The number of primary amides is 1. The lowest BCUT2D eigenvalue weighted by Gasteiger charge is -2.42. The van der Waals surface area contributed by atoms with Crippen molar-refractivity contribution in [1.82, 2.24) is 16.0 Å². The zero-order valence-electron chi connectivity index (χ0n) is 26.8. The number of nitrogens with one attached hydrogen (secondary N) is 3. The smallest absolute Gasteiger partial charge is 0.240 e. The number of carbonyl (C=O) groups is 4. The molecule has 0 aliphatic heterocycles. The number of amides is 4. The average Bonchev–Trinajstić information content (AvgIpc) is 2.99. The van der Waals surface area contributed by atoms with E-state index in [2.05, 4.69) is 16.0 Å². The number of aliphatic hydroxyl groups is 1. The predicted molar refractivity (Wildman–Crippen MR) is 182 cm³/mol. The number of phenolic OH excluding ortho intramolecular Hbond substituents is 1. The van der Waals surface area contributed by atoms with E-state index in [9.17, 15) is 29.4 Å². The highest BCUT2D eigenvalue weighted by atomic mass is 32.2. The van der Waals surface area contributed by atoms with Crippen molar-refractivity contribution in [1.29, 1.82) is 0 Å². The molecule has 0 aliphatic rings. The lowest BCUT2D eigenvalue weighted by atomic mass is 9.67. The molecule has 0 radical (unpaired) electrons. The van der Waals surface area contributed by atoms with Crippen molar-refractivity contribution in [3.63, 3.8) is 0 Å². The van der Waals surface area contributed by atoms with Gasteiger partial charge >= 0.3 is 0 Å². The van der Waals surface area contributed by atoms with Gasteiger partial charge in [0.05, 0.1) is 15.0 Å². The Balaban J connectivity index is 2.54. The highest BCUT2D eigenvalue weighted by Crippen LogP contribution is 2.46. The van der Waals surface area contributed by atoms with Gasteiger partial charge in [-0.15, -0.1) is 0 Å². The van der Waals surface area contributed by atoms with E-state index in [0.717, 1.165) is 11.8 Å². The van der Waals surface area contributed by atoms with Crippen LogP contribution in [0, 0.1) is 10.8 Å². The molecule has 0 fully saturated rings. The lowest BCUT2D eigenvalue weighted by molar-refractivity contribution is -0.139. The quantitative estimate of drug-likeness (QED) is 0.149. The Morgan fingerprint density at radius 1 is 0.933 bits per heavy atom. The van der Waals surface area contributed by atoms with Crippen LogP contribution in [0.15, 0.2) is 54.6 Å². The SMILES string of the molecule is CCC(C)(CC(C)(CC(C)(SC(=S)c1ccccc1)C(=O)NC(Cc1ccc(O)cc1)C(N)=O)C(=O)NC)C(=O)NCC(C)O. The minimum atomic E-state index is -1.40. The molecule has 0 saturated heterocycles. The molecule has 0 spiro atoms. The summed E-state index contributed by atoms with van der Waals surface area (Å²) in [6, 6.07) is 14.3. The summed E-state index contributed by atoms with van der Waals surface area (Å²) < 4.78 is -0.990. The molecule has 0 aliphatic carbocycles. The molecule has 2 aromatic carbocycles. The molecule has 0 saturated carbocycles. The number of benzene rings is 2. The molecular formula is C33H46N4O6S2. The van der Waals surface area contributed by atoms with Crippen LogP contribution in [0.3, 0.4) is 0 Å². The Bertz CT molecular complexity index is 1360. The predicted octanol–water partition coefficient (Wildman–Crippen LogP) is 3.22. The second-order valence-electron chi connectivity index (χ2n) is 12.3. The minimum absolute atomic E-state index is 0.0485.